The van der Waals surface area contributed by atoms with Crippen molar-refractivity contribution in [1.29, 1.82) is 0 Å². The number of hydrogen-bond acceptors (Lipinski definition) is 2. The van der Waals surface area contributed by atoms with E-state index in [1.54, 1.807) is 12.1 Å². The maximum absolute atomic E-state index is 13.9. The largest absolute Gasteiger partial charge is 0.344 e. The second-order valence-electron chi connectivity index (χ2n) is 6.50. The van der Waals surface area contributed by atoms with Crippen molar-refractivity contribution in [2.24, 2.45) is 0 Å². The molecule has 0 saturated heterocycles. The number of hydrogen-bond donors (Lipinski definition) is 1. The number of rotatable bonds is 7. The Kier molecular flexibility index (Phi) is 7.12. The minimum atomic E-state index is -0.345. The lowest BCUT2D eigenvalue weighted by Crippen LogP contribution is -2.31. The fraction of sp³-hybridized carbons (Fsp3) is 0.174. The van der Waals surface area contributed by atoms with Crippen molar-refractivity contribution in [3.63, 3.8) is 0 Å². The van der Waals surface area contributed by atoms with Gasteiger partial charge in [-0.15, -0.1) is 11.8 Å². The third-order valence-corrected chi connectivity index (χ3v) is 5.66. The quantitative estimate of drug-likeness (QED) is 0.520. The first kappa shape index (κ1) is 20.4. The summed E-state index contributed by atoms with van der Waals surface area (Å²) in [7, 11) is 0. The molecule has 0 spiro atoms. The lowest BCUT2D eigenvalue weighted by molar-refractivity contribution is -0.119. The second-order valence-corrected chi connectivity index (χ2v) is 7.92. The molecule has 3 aromatic carbocycles. The summed E-state index contributed by atoms with van der Waals surface area (Å²) in [6.45, 7) is 2.04. The highest BCUT2D eigenvalue weighted by Gasteiger charge is 2.18. The molecule has 0 unspecified atom stereocenters. The smallest absolute Gasteiger partial charge is 0.230 e. The molecule has 1 amide bonds. The summed E-state index contributed by atoms with van der Waals surface area (Å²) in [4.78, 5) is 12.6. The average molecular weight is 414 g/mol. The molecule has 1 atom stereocenters. The monoisotopic (exact) mass is 413 g/mol. The van der Waals surface area contributed by atoms with E-state index in [0.717, 1.165) is 16.7 Å². The molecule has 0 aliphatic heterocycles. The summed E-state index contributed by atoms with van der Waals surface area (Å²) in [5.74, 6) is 0.229. The summed E-state index contributed by atoms with van der Waals surface area (Å²) in [6.07, 6.45) is 0. The van der Waals surface area contributed by atoms with E-state index in [9.17, 15) is 9.18 Å². The second kappa shape index (κ2) is 9.76. The lowest BCUT2D eigenvalue weighted by atomic mass is 9.95. The molecular formula is C23H21ClFNOS. The third-order valence-electron chi connectivity index (χ3n) is 4.44. The van der Waals surface area contributed by atoms with Gasteiger partial charge in [-0.1, -0.05) is 72.3 Å². The number of carbonyl (C=O) groups is 1. The number of aryl methyl sites for hydroxylation is 1. The summed E-state index contributed by atoms with van der Waals surface area (Å²) in [5.41, 5.74) is 3.75. The average Bonchev–Trinajstić information content (AvgIpc) is 2.69. The van der Waals surface area contributed by atoms with Crippen molar-refractivity contribution in [1.82, 2.24) is 5.32 Å². The van der Waals surface area contributed by atoms with Crippen LogP contribution in [0.5, 0.6) is 0 Å². The molecule has 144 valence electrons. The molecule has 3 rings (SSSR count). The van der Waals surface area contributed by atoms with Crippen LogP contribution in [-0.4, -0.2) is 11.7 Å². The minimum Gasteiger partial charge on any atom is -0.344 e. The standard InChI is InChI=1S/C23H21ClFNOS/c1-16-7-5-6-10-20(16)23(17-8-3-2-4-9-17)26-22(27)15-28-14-18-11-12-19(24)13-21(18)25/h2-13,23H,14-15H2,1H3,(H,26,27)/t23-/m0/s1. The van der Waals surface area contributed by atoms with Gasteiger partial charge < -0.3 is 5.32 Å². The maximum Gasteiger partial charge on any atom is 0.230 e. The zero-order chi connectivity index (χ0) is 19.9. The molecule has 28 heavy (non-hydrogen) atoms. The van der Waals surface area contributed by atoms with Crippen LogP contribution in [-0.2, 0) is 10.5 Å². The molecule has 0 aromatic heterocycles. The van der Waals surface area contributed by atoms with Crippen molar-refractivity contribution in [2.75, 3.05) is 5.75 Å². The maximum atomic E-state index is 13.9. The molecule has 0 radical (unpaired) electrons. The number of nitrogens with one attached hydrogen (secondary N) is 1. The molecule has 3 aromatic rings. The first-order valence-electron chi connectivity index (χ1n) is 8.96. The van der Waals surface area contributed by atoms with Crippen molar-refractivity contribution < 1.29 is 9.18 Å². The van der Waals surface area contributed by atoms with E-state index in [1.165, 1.54) is 17.8 Å². The summed E-state index contributed by atoms with van der Waals surface area (Å²) >= 11 is 7.15. The van der Waals surface area contributed by atoms with E-state index >= 15 is 0 Å². The van der Waals surface area contributed by atoms with Gasteiger partial charge in [-0.3, -0.25) is 4.79 Å². The van der Waals surface area contributed by atoms with Crippen molar-refractivity contribution in [3.8, 4) is 0 Å². The van der Waals surface area contributed by atoms with E-state index < -0.39 is 0 Å². The van der Waals surface area contributed by atoms with Gasteiger partial charge in [0.1, 0.15) is 5.82 Å². The molecule has 2 nitrogen and oxygen atoms in total. The van der Waals surface area contributed by atoms with E-state index in [1.807, 2.05) is 61.5 Å². The Morgan fingerprint density at radius 3 is 2.50 bits per heavy atom. The zero-order valence-corrected chi connectivity index (χ0v) is 17.1. The highest BCUT2D eigenvalue weighted by Crippen LogP contribution is 2.25. The Bertz CT molecular complexity index is 948. The highest BCUT2D eigenvalue weighted by molar-refractivity contribution is 7.99. The van der Waals surface area contributed by atoms with Gasteiger partial charge in [-0.2, -0.15) is 0 Å². The van der Waals surface area contributed by atoms with E-state index in [4.69, 9.17) is 11.6 Å². The van der Waals surface area contributed by atoms with Gasteiger partial charge in [0.05, 0.1) is 11.8 Å². The highest BCUT2D eigenvalue weighted by atomic mass is 35.5. The van der Waals surface area contributed by atoms with Crippen LogP contribution >= 0.6 is 23.4 Å². The first-order valence-corrected chi connectivity index (χ1v) is 10.5. The van der Waals surface area contributed by atoms with Crippen LogP contribution < -0.4 is 5.32 Å². The van der Waals surface area contributed by atoms with Gasteiger partial charge in [-0.05, 0) is 41.3 Å². The van der Waals surface area contributed by atoms with Crippen LogP contribution in [0.3, 0.4) is 0 Å². The Hall–Kier alpha value is -2.30. The number of halogens is 2. The Morgan fingerprint density at radius 1 is 1.07 bits per heavy atom. The van der Waals surface area contributed by atoms with Crippen LogP contribution in [0.2, 0.25) is 5.02 Å². The fourth-order valence-electron chi connectivity index (χ4n) is 2.99. The molecule has 5 heteroatoms. The predicted molar refractivity (Wildman–Crippen MR) is 115 cm³/mol. The van der Waals surface area contributed by atoms with E-state index in [0.29, 0.717) is 16.3 Å². The van der Waals surface area contributed by atoms with Crippen LogP contribution in [0.1, 0.15) is 28.3 Å². The zero-order valence-electron chi connectivity index (χ0n) is 15.5. The predicted octanol–water partition coefficient (Wildman–Crippen LogP) is 5.93. The van der Waals surface area contributed by atoms with E-state index in [2.05, 4.69) is 5.32 Å². The SMILES string of the molecule is Cc1ccccc1[C@@H](NC(=O)CSCc1ccc(Cl)cc1F)c1ccccc1. The first-order chi connectivity index (χ1) is 13.5. The molecule has 0 fully saturated rings. The van der Waals surface area contributed by atoms with Gasteiger partial charge in [0.15, 0.2) is 0 Å². The Morgan fingerprint density at radius 2 is 1.79 bits per heavy atom. The van der Waals surface area contributed by atoms with Crippen LogP contribution in [0.4, 0.5) is 4.39 Å². The molecule has 0 saturated carbocycles. The number of amides is 1. The molecular weight excluding hydrogens is 393 g/mol. The number of thioether (sulfide) groups is 1. The third kappa shape index (κ3) is 5.37. The fourth-order valence-corrected chi connectivity index (χ4v) is 3.98. The minimum absolute atomic E-state index is 0.0866. The van der Waals surface area contributed by atoms with Crippen LogP contribution in [0.25, 0.3) is 0 Å². The van der Waals surface area contributed by atoms with Crippen molar-refractivity contribution >= 4 is 29.3 Å². The topological polar surface area (TPSA) is 29.1 Å². The van der Waals surface area contributed by atoms with Crippen LogP contribution in [0, 0.1) is 12.7 Å². The van der Waals surface area contributed by atoms with Gasteiger partial charge in [0.25, 0.3) is 0 Å². The number of benzene rings is 3. The van der Waals surface area contributed by atoms with Gasteiger partial charge in [-0.25, -0.2) is 4.39 Å². The van der Waals surface area contributed by atoms with E-state index in [-0.39, 0.29) is 23.5 Å². The van der Waals surface area contributed by atoms with Gasteiger partial charge in [0, 0.05) is 10.8 Å². The van der Waals surface area contributed by atoms with Crippen molar-refractivity contribution in [2.45, 2.75) is 18.7 Å². The lowest BCUT2D eigenvalue weighted by Gasteiger charge is -2.21. The van der Waals surface area contributed by atoms with Gasteiger partial charge in [0.2, 0.25) is 5.91 Å². The summed E-state index contributed by atoms with van der Waals surface area (Å²) in [6, 6.07) is 22.3. The molecule has 0 bridgehead atoms. The molecule has 0 aliphatic carbocycles. The molecule has 0 aliphatic rings. The summed E-state index contributed by atoms with van der Waals surface area (Å²) < 4.78 is 13.9. The van der Waals surface area contributed by atoms with Crippen molar-refractivity contribution in [3.05, 3.63) is 106 Å². The van der Waals surface area contributed by atoms with Crippen LogP contribution in [0.15, 0.2) is 72.8 Å². The normalized spacial score (nSPS) is 11.8. The molecule has 1 N–H and O–H groups in total. The summed E-state index contributed by atoms with van der Waals surface area (Å²) in [5, 5.41) is 3.49. The molecule has 0 heterocycles. The Balaban J connectivity index is 1.67. The van der Waals surface area contributed by atoms with Gasteiger partial charge >= 0.3 is 0 Å². The number of carbonyl (C=O) groups excluding carboxylic acids is 1. The Labute approximate surface area is 174 Å².